The molecule has 0 saturated carbocycles. The Hall–Kier alpha value is -5.02. The maximum Gasteiger partial charge on any atom is 0.294 e. The third-order valence-electron chi connectivity index (χ3n) is 8.09. The Morgan fingerprint density at radius 2 is 1.52 bits per heavy atom. The molecule has 3 heterocycles. The smallest absolute Gasteiger partial charge is 0.294 e. The highest BCUT2D eigenvalue weighted by atomic mass is 16.5. The second-order valence-corrected chi connectivity index (χ2v) is 10.5. The number of aromatic nitrogens is 1. The van der Waals surface area contributed by atoms with Crippen molar-refractivity contribution in [1.82, 2.24) is 9.72 Å². The quantitative estimate of drug-likeness (QED) is 0.158. The molecule has 3 aromatic carbocycles. The third-order valence-corrected chi connectivity index (χ3v) is 8.09. The zero-order valence-corrected chi connectivity index (χ0v) is 25.1. The van der Waals surface area contributed by atoms with Gasteiger partial charge in [0.2, 0.25) is 0 Å². The number of carbonyl (C=O) groups is 2. The van der Waals surface area contributed by atoms with Crippen molar-refractivity contribution in [2.75, 3.05) is 41.6 Å². The van der Waals surface area contributed by atoms with Crippen LogP contribution in [0.3, 0.4) is 0 Å². The molecule has 1 atom stereocenters. The number of carbonyl (C=O) groups excluding carboxylic acids is 2. The Balaban J connectivity index is 1.68. The van der Waals surface area contributed by atoms with E-state index in [0.717, 1.165) is 45.8 Å². The van der Waals surface area contributed by atoms with E-state index in [1.165, 1.54) is 0 Å². The van der Waals surface area contributed by atoms with Crippen molar-refractivity contribution in [2.45, 2.75) is 18.9 Å². The molecular formula is C35H34N2O7. The highest BCUT2D eigenvalue weighted by Crippen LogP contribution is 2.46. The highest BCUT2D eigenvalue weighted by molar-refractivity contribution is 6.44. The summed E-state index contributed by atoms with van der Waals surface area (Å²) in [6, 6.07) is 20.9. The zero-order valence-electron chi connectivity index (χ0n) is 25.1. The van der Waals surface area contributed by atoms with Crippen LogP contribution in [0, 0.1) is 0 Å². The average molecular weight is 595 g/mol. The molecule has 6 rings (SSSR count). The highest BCUT2D eigenvalue weighted by Gasteiger charge is 2.31. The van der Waals surface area contributed by atoms with Crippen LogP contribution in [0.1, 0.15) is 23.3 Å². The van der Waals surface area contributed by atoms with Crippen molar-refractivity contribution in [3.05, 3.63) is 78.6 Å². The molecule has 0 bridgehead atoms. The minimum absolute atomic E-state index is 0.0990. The number of fused-ring (bicyclic) bond motifs is 3. The molecular weight excluding hydrogens is 560 g/mol. The van der Waals surface area contributed by atoms with Gasteiger partial charge in [0, 0.05) is 35.9 Å². The van der Waals surface area contributed by atoms with Gasteiger partial charge in [-0.25, -0.2) is 0 Å². The molecule has 2 aromatic heterocycles. The fraction of sp³-hybridized carbons (Fsp3) is 0.257. The van der Waals surface area contributed by atoms with Gasteiger partial charge in [-0.1, -0.05) is 36.4 Å². The first-order chi connectivity index (χ1) is 21.5. The number of nitrogens with one attached hydrogen (secondary N) is 1. The SMILES string of the molecule is COc1ccc(-c2c(-c3ccccc3)c(C(=O)C(=O)NC[C@@H]3CCCO3)n3ccc4cc(OC)c(OC)cc4c23)cc1OC. The summed E-state index contributed by atoms with van der Waals surface area (Å²) in [5.74, 6) is 0.881. The fourth-order valence-corrected chi connectivity index (χ4v) is 5.98. The van der Waals surface area contributed by atoms with Crippen LogP contribution in [-0.2, 0) is 9.53 Å². The lowest BCUT2D eigenvalue weighted by Gasteiger charge is -2.13. The number of Topliss-reactive ketones (excluding diaryl/α,β-unsaturated/α-hetero) is 1. The van der Waals surface area contributed by atoms with Crippen LogP contribution in [-0.4, -0.2) is 63.8 Å². The summed E-state index contributed by atoms with van der Waals surface area (Å²) < 4.78 is 29.9. The number of hydrogen-bond acceptors (Lipinski definition) is 7. The normalized spacial score (nSPS) is 14.5. The minimum Gasteiger partial charge on any atom is -0.493 e. The molecule has 1 N–H and O–H groups in total. The largest absolute Gasteiger partial charge is 0.493 e. The van der Waals surface area contributed by atoms with Gasteiger partial charge in [0.05, 0.1) is 40.1 Å². The van der Waals surface area contributed by atoms with Gasteiger partial charge in [-0.05, 0) is 59.7 Å². The van der Waals surface area contributed by atoms with Crippen molar-refractivity contribution in [1.29, 1.82) is 0 Å². The summed E-state index contributed by atoms with van der Waals surface area (Å²) in [5.41, 5.74) is 3.91. The summed E-state index contributed by atoms with van der Waals surface area (Å²) in [4.78, 5) is 27.7. The van der Waals surface area contributed by atoms with Crippen molar-refractivity contribution in [2.24, 2.45) is 0 Å². The van der Waals surface area contributed by atoms with Crippen LogP contribution >= 0.6 is 0 Å². The standard InChI is InChI=1S/C35H34N2O7/c1-40-26-13-12-23(18-27(26)41-2)31-30(21-9-6-5-7-10-21)33(34(38)35(39)36-20-24-11-8-16-44-24)37-15-14-22-17-28(42-3)29(43-4)19-25(22)32(31)37/h5-7,9-10,12-15,17-19,24H,8,11,16,20H2,1-4H3,(H,36,39)/t24-/m0/s1. The molecule has 0 spiro atoms. The zero-order chi connectivity index (χ0) is 30.8. The van der Waals surface area contributed by atoms with Gasteiger partial charge in [0.1, 0.15) is 5.69 Å². The van der Waals surface area contributed by atoms with Crippen LogP contribution in [0.4, 0.5) is 0 Å². The Morgan fingerprint density at radius 1 is 0.818 bits per heavy atom. The number of rotatable bonds is 10. The lowest BCUT2D eigenvalue weighted by molar-refractivity contribution is -0.117. The van der Waals surface area contributed by atoms with E-state index in [4.69, 9.17) is 23.7 Å². The summed E-state index contributed by atoms with van der Waals surface area (Å²) in [6.07, 6.45) is 3.50. The van der Waals surface area contributed by atoms with Crippen LogP contribution in [0.15, 0.2) is 72.9 Å². The van der Waals surface area contributed by atoms with Crippen LogP contribution < -0.4 is 24.3 Å². The third kappa shape index (κ3) is 5.09. The number of methoxy groups -OCH3 is 4. The number of hydrogen-bond donors (Lipinski definition) is 1. The van der Waals surface area contributed by atoms with Crippen molar-refractivity contribution >= 4 is 28.0 Å². The molecule has 44 heavy (non-hydrogen) atoms. The van der Waals surface area contributed by atoms with E-state index >= 15 is 0 Å². The van der Waals surface area contributed by atoms with Crippen molar-refractivity contribution < 1.29 is 33.3 Å². The van der Waals surface area contributed by atoms with E-state index in [0.29, 0.717) is 35.2 Å². The van der Waals surface area contributed by atoms with Gasteiger partial charge < -0.3 is 33.4 Å². The first-order valence-corrected chi connectivity index (χ1v) is 14.4. The molecule has 1 aliphatic rings. The number of amides is 1. The Bertz CT molecular complexity index is 1860. The molecule has 9 heteroatoms. The molecule has 1 amide bonds. The molecule has 1 fully saturated rings. The van der Waals surface area contributed by atoms with E-state index in [1.54, 1.807) is 32.8 Å². The van der Waals surface area contributed by atoms with Crippen LogP contribution in [0.2, 0.25) is 0 Å². The first-order valence-electron chi connectivity index (χ1n) is 14.4. The summed E-state index contributed by atoms with van der Waals surface area (Å²) in [7, 11) is 6.34. The van der Waals surface area contributed by atoms with Gasteiger partial charge in [-0.3, -0.25) is 9.59 Å². The first kappa shape index (κ1) is 29.1. The maximum atomic E-state index is 14.2. The second kappa shape index (κ2) is 12.3. The average Bonchev–Trinajstić information content (AvgIpc) is 3.72. The number of benzene rings is 3. The van der Waals surface area contributed by atoms with Gasteiger partial charge >= 0.3 is 0 Å². The summed E-state index contributed by atoms with van der Waals surface area (Å²) in [5, 5.41) is 4.50. The van der Waals surface area contributed by atoms with E-state index in [-0.39, 0.29) is 18.3 Å². The van der Waals surface area contributed by atoms with E-state index in [1.807, 2.05) is 72.9 Å². The van der Waals surface area contributed by atoms with Crippen LogP contribution in [0.5, 0.6) is 23.0 Å². The maximum absolute atomic E-state index is 14.2. The fourth-order valence-electron chi connectivity index (χ4n) is 5.98. The predicted octanol–water partition coefficient (Wildman–Crippen LogP) is 5.94. The lowest BCUT2D eigenvalue weighted by atomic mass is 9.93. The number of ketones is 1. The molecule has 1 saturated heterocycles. The molecule has 0 unspecified atom stereocenters. The molecule has 226 valence electrons. The summed E-state index contributed by atoms with van der Waals surface area (Å²) >= 11 is 0. The second-order valence-electron chi connectivity index (χ2n) is 10.5. The Kier molecular flexibility index (Phi) is 8.13. The molecule has 0 radical (unpaired) electrons. The lowest BCUT2D eigenvalue weighted by Crippen LogP contribution is -2.37. The molecule has 1 aliphatic heterocycles. The van der Waals surface area contributed by atoms with Crippen molar-refractivity contribution in [3.8, 4) is 45.3 Å². The molecule has 9 nitrogen and oxygen atoms in total. The van der Waals surface area contributed by atoms with E-state index in [2.05, 4.69) is 5.32 Å². The number of nitrogens with zero attached hydrogens (tertiary/aromatic N) is 1. The molecule has 0 aliphatic carbocycles. The van der Waals surface area contributed by atoms with Gasteiger partial charge in [0.15, 0.2) is 23.0 Å². The molecule has 5 aromatic rings. The minimum atomic E-state index is -0.691. The van der Waals surface area contributed by atoms with Gasteiger partial charge in [-0.15, -0.1) is 0 Å². The summed E-state index contributed by atoms with van der Waals surface area (Å²) in [6.45, 7) is 0.934. The monoisotopic (exact) mass is 594 g/mol. The van der Waals surface area contributed by atoms with Crippen molar-refractivity contribution in [3.63, 3.8) is 0 Å². The Morgan fingerprint density at radius 3 is 2.20 bits per heavy atom. The van der Waals surface area contributed by atoms with Gasteiger partial charge in [-0.2, -0.15) is 0 Å². The number of ether oxygens (including phenoxy) is 5. The predicted molar refractivity (Wildman–Crippen MR) is 168 cm³/mol. The van der Waals surface area contributed by atoms with E-state index in [9.17, 15) is 9.59 Å². The van der Waals surface area contributed by atoms with Gasteiger partial charge in [0.25, 0.3) is 11.7 Å². The van der Waals surface area contributed by atoms with Crippen LogP contribution in [0.25, 0.3) is 38.5 Å². The topological polar surface area (TPSA) is 96.7 Å². The Labute approximate surface area is 255 Å². The van der Waals surface area contributed by atoms with E-state index < -0.39 is 11.7 Å². The number of pyridine rings is 1.